The Morgan fingerprint density at radius 2 is 1.74 bits per heavy atom. The molecule has 2 aliphatic rings. The van der Waals surface area contributed by atoms with Gasteiger partial charge in [0.25, 0.3) is 5.91 Å². The lowest BCUT2D eigenvalue weighted by Crippen LogP contribution is -2.51. The van der Waals surface area contributed by atoms with Crippen LogP contribution in [0.3, 0.4) is 0 Å². The van der Waals surface area contributed by atoms with Crippen LogP contribution in [-0.2, 0) is 17.3 Å². The predicted octanol–water partition coefficient (Wildman–Crippen LogP) is 5.73. The number of ether oxygens (including phenoxy) is 1. The summed E-state index contributed by atoms with van der Waals surface area (Å²) in [4.78, 5) is 33.4. The molecule has 2 aromatic heterocycles. The summed E-state index contributed by atoms with van der Waals surface area (Å²) < 4.78 is 48.2. The fourth-order valence-electron chi connectivity index (χ4n) is 5.31. The number of aromatic nitrogens is 2. The van der Waals surface area contributed by atoms with E-state index in [4.69, 9.17) is 4.74 Å². The largest absolute Gasteiger partial charge is 0.444 e. The number of carbonyl (C=O) groups excluding carboxylic acids is 2. The van der Waals surface area contributed by atoms with Crippen molar-refractivity contribution in [2.45, 2.75) is 64.8 Å². The molecule has 0 radical (unpaired) electrons. The van der Waals surface area contributed by atoms with E-state index in [-0.39, 0.29) is 23.7 Å². The number of fused-ring (bicyclic) bond motifs is 2. The molecular weight excluding hydrogens is 497 g/mol. The van der Waals surface area contributed by atoms with Crippen LogP contribution in [0.15, 0.2) is 36.7 Å². The Bertz CT molecular complexity index is 1400. The number of hydrogen-bond donors (Lipinski definition) is 0. The van der Waals surface area contributed by atoms with Crippen LogP contribution in [0.5, 0.6) is 0 Å². The van der Waals surface area contributed by atoms with Crippen LogP contribution in [0.1, 0.15) is 60.8 Å². The molecule has 0 N–H and O–H groups in total. The average Bonchev–Trinajstić information content (AvgIpc) is 3.22. The van der Waals surface area contributed by atoms with Gasteiger partial charge in [-0.05, 0) is 75.8 Å². The molecule has 0 atom stereocenters. The molecule has 1 saturated heterocycles. The van der Waals surface area contributed by atoms with E-state index in [2.05, 4.69) is 4.98 Å². The van der Waals surface area contributed by atoms with Crippen LogP contribution >= 0.6 is 0 Å². The van der Waals surface area contributed by atoms with Gasteiger partial charge in [-0.1, -0.05) is 12.1 Å². The minimum Gasteiger partial charge on any atom is -0.444 e. The zero-order valence-electron chi connectivity index (χ0n) is 21.9. The number of aryl methyl sites for hydroxylation is 1. The molecule has 4 heterocycles. The van der Waals surface area contributed by atoms with E-state index in [1.54, 1.807) is 36.4 Å². The first-order valence-electron chi connectivity index (χ1n) is 12.8. The third-order valence-corrected chi connectivity index (χ3v) is 7.09. The maximum atomic E-state index is 13.8. The number of alkyl halides is 3. The van der Waals surface area contributed by atoms with Gasteiger partial charge in [0, 0.05) is 43.6 Å². The van der Waals surface area contributed by atoms with E-state index in [0.717, 1.165) is 11.6 Å². The number of benzene rings is 1. The number of nitrogens with zero attached hydrogens (tertiary/aromatic N) is 4. The minimum absolute atomic E-state index is 0.0234. The highest BCUT2D eigenvalue weighted by Gasteiger charge is 2.36. The number of imidazole rings is 1. The molecule has 3 aromatic rings. The van der Waals surface area contributed by atoms with Gasteiger partial charge >= 0.3 is 12.3 Å². The molecule has 0 saturated carbocycles. The molecule has 1 aromatic carbocycles. The van der Waals surface area contributed by atoms with Crippen molar-refractivity contribution in [2.24, 2.45) is 0 Å². The van der Waals surface area contributed by atoms with Crippen LogP contribution in [-0.4, -0.2) is 62.5 Å². The zero-order chi connectivity index (χ0) is 27.4. The van der Waals surface area contributed by atoms with E-state index < -0.39 is 17.3 Å². The molecule has 0 unspecified atom stereocenters. The van der Waals surface area contributed by atoms with Crippen molar-refractivity contribution in [3.63, 3.8) is 0 Å². The van der Waals surface area contributed by atoms with Crippen LogP contribution < -0.4 is 0 Å². The van der Waals surface area contributed by atoms with Gasteiger partial charge in [0.05, 0.1) is 11.3 Å². The standard InChI is InChI=1S/C28H31F3N4O3/c1-17-15-34-16-20(14-23(24(34)32-17)28(29,30)31)18-5-6-22-19(13-18)7-12-35(25(22)36)21-8-10-33(11-9-21)26(37)38-27(2,3)4/h5-6,13-16,21H,7-12H2,1-4H3. The SMILES string of the molecule is Cc1cn2cc(-c3ccc4c(c3)CCN(C3CCN(C(=O)OC(C)(C)C)CC3)C4=O)cc(C(F)(F)F)c2n1. The summed E-state index contributed by atoms with van der Waals surface area (Å²) in [7, 11) is 0. The zero-order valence-corrected chi connectivity index (χ0v) is 21.9. The average molecular weight is 529 g/mol. The summed E-state index contributed by atoms with van der Waals surface area (Å²) in [6, 6.07) is 6.39. The van der Waals surface area contributed by atoms with Crippen LogP contribution in [0.25, 0.3) is 16.8 Å². The molecule has 1 fully saturated rings. The molecular formula is C28H31F3N4O3. The molecule has 202 valence electrons. The second-order valence-electron chi connectivity index (χ2n) is 11.1. The van der Waals surface area contributed by atoms with Crippen molar-refractivity contribution in [1.82, 2.24) is 19.2 Å². The highest BCUT2D eigenvalue weighted by molar-refractivity contribution is 5.97. The fourth-order valence-corrected chi connectivity index (χ4v) is 5.31. The Balaban J connectivity index is 1.34. The molecule has 0 spiro atoms. The maximum Gasteiger partial charge on any atom is 0.420 e. The van der Waals surface area contributed by atoms with Crippen molar-refractivity contribution in [3.05, 3.63) is 59.0 Å². The van der Waals surface area contributed by atoms with Gasteiger partial charge in [-0.15, -0.1) is 0 Å². The number of likely N-dealkylation sites (tertiary alicyclic amines) is 1. The first kappa shape index (κ1) is 26.1. The molecule has 0 aliphatic carbocycles. The fraction of sp³-hybridized carbons (Fsp3) is 0.464. The number of piperidine rings is 1. The second kappa shape index (κ2) is 9.32. The van der Waals surface area contributed by atoms with Gasteiger partial charge in [0.2, 0.25) is 0 Å². The number of rotatable bonds is 2. The van der Waals surface area contributed by atoms with E-state index in [1.165, 1.54) is 4.40 Å². The summed E-state index contributed by atoms with van der Waals surface area (Å²) in [6.07, 6.45) is 0.283. The predicted molar refractivity (Wildman–Crippen MR) is 136 cm³/mol. The summed E-state index contributed by atoms with van der Waals surface area (Å²) in [5.74, 6) is -0.0785. The molecule has 2 amide bonds. The Labute approximate surface area is 219 Å². The Hall–Kier alpha value is -3.56. The third kappa shape index (κ3) is 5.08. The number of pyridine rings is 1. The monoisotopic (exact) mass is 528 g/mol. The number of halogens is 3. The highest BCUT2D eigenvalue weighted by Crippen LogP contribution is 2.36. The highest BCUT2D eigenvalue weighted by atomic mass is 19.4. The van der Waals surface area contributed by atoms with Gasteiger partial charge in [0.1, 0.15) is 11.2 Å². The lowest BCUT2D eigenvalue weighted by atomic mass is 9.92. The molecule has 2 aliphatic heterocycles. The van der Waals surface area contributed by atoms with Gasteiger partial charge < -0.3 is 18.9 Å². The van der Waals surface area contributed by atoms with Crippen LogP contribution in [0.4, 0.5) is 18.0 Å². The smallest absolute Gasteiger partial charge is 0.420 e. The van der Waals surface area contributed by atoms with Crippen molar-refractivity contribution in [2.75, 3.05) is 19.6 Å². The summed E-state index contributed by atoms with van der Waals surface area (Å²) in [6.45, 7) is 8.72. The Morgan fingerprint density at radius 1 is 1.03 bits per heavy atom. The van der Waals surface area contributed by atoms with Gasteiger partial charge in [-0.25, -0.2) is 9.78 Å². The second-order valence-corrected chi connectivity index (χ2v) is 11.1. The van der Waals surface area contributed by atoms with E-state index >= 15 is 0 Å². The van der Waals surface area contributed by atoms with Crippen LogP contribution in [0, 0.1) is 6.92 Å². The van der Waals surface area contributed by atoms with E-state index in [9.17, 15) is 22.8 Å². The summed E-state index contributed by atoms with van der Waals surface area (Å²) in [5.41, 5.74) is 1.46. The first-order chi connectivity index (χ1) is 17.8. The third-order valence-electron chi connectivity index (χ3n) is 7.09. The van der Waals surface area contributed by atoms with Gasteiger partial charge in [0.15, 0.2) is 0 Å². The van der Waals surface area contributed by atoms with Gasteiger partial charge in [-0.3, -0.25) is 4.79 Å². The minimum atomic E-state index is -4.54. The lowest BCUT2D eigenvalue weighted by molar-refractivity contribution is -0.136. The van der Waals surface area contributed by atoms with E-state index in [1.807, 2.05) is 31.7 Å². The van der Waals surface area contributed by atoms with Crippen molar-refractivity contribution < 1.29 is 27.5 Å². The van der Waals surface area contributed by atoms with Crippen LogP contribution in [0.2, 0.25) is 0 Å². The number of amides is 2. The van der Waals surface area contributed by atoms with Crippen molar-refractivity contribution >= 4 is 17.6 Å². The number of carbonyl (C=O) groups is 2. The Morgan fingerprint density at radius 3 is 2.39 bits per heavy atom. The topological polar surface area (TPSA) is 67.2 Å². The number of hydrogen-bond acceptors (Lipinski definition) is 4. The normalized spacial score (nSPS) is 17.2. The molecule has 10 heteroatoms. The van der Waals surface area contributed by atoms with Crippen molar-refractivity contribution in [1.29, 1.82) is 0 Å². The van der Waals surface area contributed by atoms with Crippen molar-refractivity contribution in [3.8, 4) is 11.1 Å². The molecule has 5 rings (SSSR count). The maximum absolute atomic E-state index is 13.8. The van der Waals surface area contributed by atoms with E-state index in [0.29, 0.717) is 61.3 Å². The first-order valence-corrected chi connectivity index (χ1v) is 12.8. The van der Waals surface area contributed by atoms with Gasteiger partial charge in [-0.2, -0.15) is 13.2 Å². The lowest BCUT2D eigenvalue weighted by Gasteiger charge is -2.40. The Kier molecular flexibility index (Phi) is 6.39. The molecule has 38 heavy (non-hydrogen) atoms. The summed E-state index contributed by atoms with van der Waals surface area (Å²) in [5, 5.41) is 0. The quantitative estimate of drug-likeness (QED) is 0.426. The molecule has 0 bridgehead atoms. The molecule has 7 nitrogen and oxygen atoms in total. The summed E-state index contributed by atoms with van der Waals surface area (Å²) >= 11 is 0.